The van der Waals surface area contributed by atoms with E-state index in [1.807, 2.05) is 12.1 Å². The Morgan fingerprint density at radius 2 is 1.65 bits per heavy atom. The van der Waals surface area contributed by atoms with Crippen LogP contribution in [0.5, 0.6) is 23.0 Å². The first-order valence-electron chi connectivity index (χ1n) is 12.2. The molecule has 0 aliphatic heterocycles. The van der Waals surface area contributed by atoms with Crippen molar-refractivity contribution in [3.8, 4) is 34.1 Å². The van der Waals surface area contributed by atoms with Crippen LogP contribution in [0.15, 0.2) is 59.5 Å². The molecule has 2 aromatic carbocycles. The van der Waals surface area contributed by atoms with Crippen LogP contribution in [0, 0.1) is 0 Å². The second kappa shape index (κ2) is 12.2. The van der Waals surface area contributed by atoms with Gasteiger partial charge in [-0.15, -0.1) is 0 Å². The fourth-order valence-electron chi connectivity index (χ4n) is 4.41. The smallest absolute Gasteiger partial charge is 0.355 e. The topological polar surface area (TPSA) is 135 Å². The van der Waals surface area contributed by atoms with Gasteiger partial charge in [-0.25, -0.2) is 4.79 Å². The molecule has 0 amide bonds. The largest absolute Gasteiger partial charge is 0.493 e. The molecule has 40 heavy (non-hydrogen) atoms. The molecule has 0 unspecified atom stereocenters. The minimum Gasteiger partial charge on any atom is -0.493 e. The molecular formula is C29H28N2O9. The fourth-order valence-corrected chi connectivity index (χ4v) is 4.41. The summed E-state index contributed by atoms with van der Waals surface area (Å²) in [7, 11) is 5.57. The van der Waals surface area contributed by atoms with Gasteiger partial charge in [-0.2, -0.15) is 0 Å². The van der Waals surface area contributed by atoms with E-state index >= 15 is 0 Å². The van der Waals surface area contributed by atoms with Gasteiger partial charge in [-0.05, 0) is 53.4 Å². The Morgan fingerprint density at radius 1 is 0.925 bits per heavy atom. The molecule has 11 nitrogen and oxygen atoms in total. The Labute approximate surface area is 229 Å². The number of aromatic nitrogens is 2. The Morgan fingerprint density at radius 3 is 2.23 bits per heavy atom. The summed E-state index contributed by atoms with van der Waals surface area (Å²) in [5, 5.41) is 9.99. The van der Waals surface area contributed by atoms with Gasteiger partial charge in [-0.1, -0.05) is 6.07 Å². The molecule has 4 aromatic rings. The van der Waals surface area contributed by atoms with Gasteiger partial charge in [0.1, 0.15) is 18.1 Å². The number of fused-ring (bicyclic) bond motifs is 1. The Bertz CT molecular complexity index is 1590. The molecule has 1 N–H and O–H groups in total. The number of carboxylic acids is 1. The van der Waals surface area contributed by atoms with Crippen LogP contribution in [-0.4, -0.2) is 55.0 Å². The highest BCUT2D eigenvalue weighted by molar-refractivity contribution is 6.07. The summed E-state index contributed by atoms with van der Waals surface area (Å²) in [4.78, 5) is 42.6. The van der Waals surface area contributed by atoms with Crippen LogP contribution in [0.25, 0.3) is 21.9 Å². The summed E-state index contributed by atoms with van der Waals surface area (Å²) >= 11 is 0. The average Bonchev–Trinajstić information content (AvgIpc) is 2.98. The Hall–Kier alpha value is -5.06. The van der Waals surface area contributed by atoms with Crippen molar-refractivity contribution in [2.45, 2.75) is 19.6 Å². The fraction of sp³-hybridized carbons (Fsp3) is 0.241. The van der Waals surface area contributed by atoms with Crippen molar-refractivity contribution in [2.24, 2.45) is 0 Å². The van der Waals surface area contributed by atoms with Gasteiger partial charge in [0.15, 0.2) is 11.5 Å². The summed E-state index contributed by atoms with van der Waals surface area (Å²) in [6.45, 7) is -0.107. The SMILES string of the molecule is COC(=O)c1c(-c2cc(OC)c(OC)c(OC)c2)c2ccc(OCc3ccccn3)cc2c(=O)n1CCC(=O)O. The van der Waals surface area contributed by atoms with Crippen molar-refractivity contribution in [3.05, 3.63) is 76.5 Å². The zero-order valence-electron chi connectivity index (χ0n) is 22.4. The third-order valence-electron chi connectivity index (χ3n) is 6.24. The number of nitrogens with zero attached hydrogens (tertiary/aromatic N) is 2. The van der Waals surface area contributed by atoms with E-state index < -0.39 is 23.9 Å². The molecule has 11 heteroatoms. The van der Waals surface area contributed by atoms with Crippen molar-refractivity contribution >= 4 is 22.7 Å². The van der Waals surface area contributed by atoms with Crippen molar-refractivity contribution in [2.75, 3.05) is 28.4 Å². The molecule has 0 bridgehead atoms. The number of ether oxygens (including phenoxy) is 5. The van der Waals surface area contributed by atoms with E-state index in [0.717, 1.165) is 4.57 Å². The monoisotopic (exact) mass is 548 g/mol. The zero-order chi connectivity index (χ0) is 28.8. The summed E-state index contributed by atoms with van der Waals surface area (Å²) < 4.78 is 28.5. The number of methoxy groups -OCH3 is 4. The molecule has 2 heterocycles. The van der Waals surface area contributed by atoms with Crippen LogP contribution in [0.3, 0.4) is 0 Å². The predicted molar refractivity (Wildman–Crippen MR) is 145 cm³/mol. The van der Waals surface area contributed by atoms with E-state index in [4.69, 9.17) is 23.7 Å². The summed E-state index contributed by atoms with van der Waals surface area (Å²) in [5.41, 5.74) is 0.780. The number of esters is 1. The number of hydrogen-bond acceptors (Lipinski definition) is 9. The minimum absolute atomic E-state index is 0.113. The molecule has 0 atom stereocenters. The number of pyridine rings is 2. The highest BCUT2D eigenvalue weighted by Gasteiger charge is 2.26. The van der Waals surface area contributed by atoms with Crippen molar-refractivity contribution in [1.29, 1.82) is 0 Å². The van der Waals surface area contributed by atoms with E-state index in [0.29, 0.717) is 45.2 Å². The zero-order valence-corrected chi connectivity index (χ0v) is 22.4. The van der Waals surface area contributed by atoms with Crippen molar-refractivity contribution in [3.63, 3.8) is 0 Å². The average molecular weight is 549 g/mol. The van der Waals surface area contributed by atoms with Gasteiger partial charge in [0, 0.05) is 18.3 Å². The number of carbonyl (C=O) groups excluding carboxylic acids is 1. The number of aliphatic carboxylic acids is 1. The van der Waals surface area contributed by atoms with Gasteiger partial charge in [-0.3, -0.25) is 14.6 Å². The van der Waals surface area contributed by atoms with Crippen LogP contribution in [0.1, 0.15) is 22.6 Å². The quantitative estimate of drug-likeness (QED) is 0.275. The van der Waals surface area contributed by atoms with Crippen LogP contribution < -0.4 is 24.5 Å². The van der Waals surface area contributed by atoms with Gasteiger partial charge in [0.05, 0.1) is 45.9 Å². The van der Waals surface area contributed by atoms with Crippen molar-refractivity contribution < 1.29 is 38.4 Å². The number of carbonyl (C=O) groups is 2. The highest BCUT2D eigenvalue weighted by Crippen LogP contribution is 2.43. The van der Waals surface area contributed by atoms with Gasteiger partial charge in [0.2, 0.25) is 5.75 Å². The maximum atomic E-state index is 13.8. The molecule has 0 fully saturated rings. The Kier molecular flexibility index (Phi) is 8.53. The van der Waals surface area contributed by atoms with Crippen LogP contribution in [0.4, 0.5) is 0 Å². The molecule has 208 valence electrons. The van der Waals surface area contributed by atoms with E-state index in [1.54, 1.807) is 42.6 Å². The summed E-state index contributed by atoms with van der Waals surface area (Å²) in [6.07, 6.45) is 1.25. The standard InChI is InChI=1S/C29H28N2O9/c1-36-22-13-17(14-23(37-2)27(22)38-3)25-20-9-8-19(40-16-18-7-5-6-11-30-18)15-21(20)28(34)31(12-10-24(32)33)26(25)29(35)39-4/h5-9,11,13-15H,10,12,16H2,1-4H3,(H,32,33). The molecule has 0 radical (unpaired) electrons. The lowest BCUT2D eigenvalue weighted by molar-refractivity contribution is -0.137. The van der Waals surface area contributed by atoms with Crippen LogP contribution in [-0.2, 0) is 22.7 Å². The maximum absolute atomic E-state index is 13.8. The lowest BCUT2D eigenvalue weighted by Crippen LogP contribution is -2.29. The lowest BCUT2D eigenvalue weighted by Gasteiger charge is -2.20. The number of rotatable bonds is 11. The number of carboxylic acid groups (broad SMARTS) is 1. The molecule has 0 saturated heterocycles. The third-order valence-corrected chi connectivity index (χ3v) is 6.24. The minimum atomic E-state index is -1.13. The first kappa shape index (κ1) is 28.0. The molecule has 0 aliphatic carbocycles. The van der Waals surface area contributed by atoms with Gasteiger partial charge >= 0.3 is 11.9 Å². The molecule has 0 spiro atoms. The first-order valence-corrected chi connectivity index (χ1v) is 12.2. The predicted octanol–water partition coefficient (Wildman–Crippen LogP) is 3.93. The lowest BCUT2D eigenvalue weighted by atomic mass is 9.95. The number of benzene rings is 2. The summed E-state index contributed by atoms with van der Waals surface area (Å²) in [5.74, 6) is -0.587. The molecular weight excluding hydrogens is 520 g/mol. The molecule has 2 aromatic heterocycles. The van der Waals surface area contributed by atoms with Gasteiger partial charge < -0.3 is 33.4 Å². The molecule has 4 rings (SSSR count). The second-order valence-electron chi connectivity index (χ2n) is 8.55. The third kappa shape index (κ3) is 5.53. The molecule has 0 saturated carbocycles. The first-order chi connectivity index (χ1) is 19.3. The van der Waals surface area contributed by atoms with E-state index in [9.17, 15) is 19.5 Å². The van der Waals surface area contributed by atoms with E-state index in [-0.39, 0.29) is 24.2 Å². The normalized spacial score (nSPS) is 10.7. The maximum Gasteiger partial charge on any atom is 0.355 e. The summed E-state index contributed by atoms with van der Waals surface area (Å²) in [6, 6.07) is 13.6. The van der Waals surface area contributed by atoms with Gasteiger partial charge in [0.25, 0.3) is 5.56 Å². The van der Waals surface area contributed by atoms with Crippen LogP contribution >= 0.6 is 0 Å². The van der Waals surface area contributed by atoms with Crippen molar-refractivity contribution in [1.82, 2.24) is 9.55 Å². The number of hydrogen-bond donors (Lipinski definition) is 1. The van der Waals surface area contributed by atoms with E-state index in [1.165, 1.54) is 28.4 Å². The second-order valence-corrected chi connectivity index (χ2v) is 8.55. The van der Waals surface area contributed by atoms with Crippen LogP contribution in [0.2, 0.25) is 0 Å². The molecule has 0 aliphatic rings. The highest BCUT2D eigenvalue weighted by atomic mass is 16.5. The van der Waals surface area contributed by atoms with E-state index in [2.05, 4.69) is 4.98 Å². The Balaban J connectivity index is 2.02.